The lowest BCUT2D eigenvalue weighted by atomic mass is 10.1. The molecule has 1 N–H and O–H groups in total. The normalized spacial score (nSPS) is 13.2. The van der Waals surface area contributed by atoms with E-state index in [0.717, 1.165) is 17.8 Å². The largest absolute Gasteiger partial charge is 0.465 e. The molecule has 1 saturated heterocycles. The molecule has 1 aliphatic heterocycles. The lowest BCUT2D eigenvalue weighted by Crippen LogP contribution is -2.36. The average Bonchev–Trinajstić information content (AvgIpc) is 2.84. The smallest absolute Gasteiger partial charge is 0.340 e. The maximum absolute atomic E-state index is 12.9. The number of benzene rings is 2. The third-order valence-corrected chi connectivity index (χ3v) is 4.93. The number of methoxy groups -OCH3 is 1. The summed E-state index contributed by atoms with van der Waals surface area (Å²) in [5, 5.41) is 13.9. The zero-order valence-corrected chi connectivity index (χ0v) is 18.2. The van der Waals surface area contributed by atoms with Crippen molar-refractivity contribution in [3.05, 3.63) is 63.2 Å². The predicted molar refractivity (Wildman–Crippen MR) is 118 cm³/mol. The predicted octanol–water partition coefficient (Wildman–Crippen LogP) is 2.65. The van der Waals surface area contributed by atoms with Crippen molar-refractivity contribution >= 4 is 34.9 Å². The molecule has 0 aliphatic carbocycles. The van der Waals surface area contributed by atoms with Gasteiger partial charge in [0.1, 0.15) is 0 Å². The summed E-state index contributed by atoms with van der Waals surface area (Å²) in [6, 6.07) is 8.16. The Morgan fingerprint density at radius 1 is 1.09 bits per heavy atom. The number of rotatable bonds is 7. The number of carbonyl (C=O) groups is 3. The van der Waals surface area contributed by atoms with Crippen LogP contribution in [-0.2, 0) is 14.2 Å². The SMILES string of the molecule is CCOC(=O)c1cc(C(=O)Nc2ccc(N3CCOCC3)cc2C(=O)OC)cc([N+](=O)[O-])c1. The fourth-order valence-corrected chi connectivity index (χ4v) is 3.31. The van der Waals surface area contributed by atoms with Crippen LogP contribution in [0.25, 0.3) is 0 Å². The van der Waals surface area contributed by atoms with Crippen molar-refractivity contribution in [2.24, 2.45) is 0 Å². The lowest BCUT2D eigenvalue weighted by Gasteiger charge is -2.29. The van der Waals surface area contributed by atoms with Crippen LogP contribution >= 0.6 is 0 Å². The number of nitro benzene ring substituents is 1. The van der Waals surface area contributed by atoms with Gasteiger partial charge < -0.3 is 24.4 Å². The zero-order valence-electron chi connectivity index (χ0n) is 18.2. The Balaban J connectivity index is 1.93. The fraction of sp³-hybridized carbons (Fsp3) is 0.318. The number of morpholine rings is 1. The van der Waals surface area contributed by atoms with Crippen molar-refractivity contribution in [3.8, 4) is 0 Å². The van der Waals surface area contributed by atoms with Gasteiger partial charge in [-0.3, -0.25) is 14.9 Å². The molecule has 1 aliphatic rings. The van der Waals surface area contributed by atoms with E-state index in [4.69, 9.17) is 14.2 Å². The number of hydrogen-bond acceptors (Lipinski definition) is 9. The summed E-state index contributed by atoms with van der Waals surface area (Å²) in [7, 11) is 1.22. The van der Waals surface area contributed by atoms with E-state index >= 15 is 0 Å². The molecule has 0 unspecified atom stereocenters. The van der Waals surface area contributed by atoms with Gasteiger partial charge in [-0.1, -0.05) is 0 Å². The number of amides is 1. The topological polar surface area (TPSA) is 137 Å². The molecule has 174 valence electrons. The zero-order chi connectivity index (χ0) is 24.0. The van der Waals surface area contributed by atoms with Crippen LogP contribution in [0.5, 0.6) is 0 Å². The lowest BCUT2D eigenvalue weighted by molar-refractivity contribution is -0.384. The number of carbonyl (C=O) groups excluding carboxylic acids is 3. The highest BCUT2D eigenvalue weighted by Gasteiger charge is 2.22. The quantitative estimate of drug-likeness (QED) is 0.378. The van der Waals surface area contributed by atoms with Gasteiger partial charge in [-0.15, -0.1) is 0 Å². The number of anilines is 2. The molecule has 33 heavy (non-hydrogen) atoms. The molecule has 0 saturated carbocycles. The number of nitrogens with zero attached hydrogens (tertiary/aromatic N) is 2. The molecule has 11 heteroatoms. The Kier molecular flexibility index (Phi) is 7.57. The molecule has 0 radical (unpaired) electrons. The average molecular weight is 457 g/mol. The summed E-state index contributed by atoms with van der Waals surface area (Å²) in [4.78, 5) is 50.0. The van der Waals surface area contributed by atoms with Crippen LogP contribution in [0.3, 0.4) is 0 Å². The summed E-state index contributed by atoms with van der Waals surface area (Å²) >= 11 is 0. The van der Waals surface area contributed by atoms with Crippen LogP contribution in [0.1, 0.15) is 38.0 Å². The molecule has 11 nitrogen and oxygen atoms in total. The Morgan fingerprint density at radius 2 is 1.79 bits per heavy atom. The van der Waals surface area contributed by atoms with Crippen LogP contribution in [0.4, 0.5) is 17.1 Å². The highest BCUT2D eigenvalue weighted by Crippen LogP contribution is 2.26. The van der Waals surface area contributed by atoms with Gasteiger partial charge in [0, 0.05) is 36.5 Å². The fourth-order valence-electron chi connectivity index (χ4n) is 3.31. The Hall–Kier alpha value is -3.99. The third kappa shape index (κ3) is 5.63. The van der Waals surface area contributed by atoms with Crippen molar-refractivity contribution in [3.63, 3.8) is 0 Å². The first-order chi connectivity index (χ1) is 15.8. The maximum Gasteiger partial charge on any atom is 0.340 e. The van der Waals surface area contributed by atoms with E-state index in [0.29, 0.717) is 26.3 Å². The van der Waals surface area contributed by atoms with Gasteiger partial charge in [-0.2, -0.15) is 0 Å². The van der Waals surface area contributed by atoms with E-state index in [1.54, 1.807) is 25.1 Å². The third-order valence-electron chi connectivity index (χ3n) is 4.93. The highest BCUT2D eigenvalue weighted by molar-refractivity contribution is 6.09. The summed E-state index contributed by atoms with van der Waals surface area (Å²) in [5.74, 6) is -2.19. The number of nitro groups is 1. The molecular formula is C22H23N3O8. The van der Waals surface area contributed by atoms with E-state index in [-0.39, 0.29) is 29.0 Å². The summed E-state index contributed by atoms with van der Waals surface area (Å²) in [6.07, 6.45) is 0. The molecule has 3 rings (SSSR count). The summed E-state index contributed by atoms with van der Waals surface area (Å²) < 4.78 is 15.1. The summed E-state index contributed by atoms with van der Waals surface area (Å²) in [6.45, 7) is 4.08. The second-order valence-corrected chi connectivity index (χ2v) is 7.02. The number of ether oxygens (including phenoxy) is 3. The van der Waals surface area contributed by atoms with Crippen molar-refractivity contribution in [2.45, 2.75) is 6.92 Å². The van der Waals surface area contributed by atoms with Crippen LogP contribution < -0.4 is 10.2 Å². The first-order valence-corrected chi connectivity index (χ1v) is 10.2. The van der Waals surface area contributed by atoms with E-state index in [1.807, 2.05) is 4.90 Å². The second kappa shape index (κ2) is 10.6. The Bertz CT molecular complexity index is 1080. The van der Waals surface area contributed by atoms with Crippen molar-refractivity contribution < 1.29 is 33.5 Å². The first-order valence-electron chi connectivity index (χ1n) is 10.2. The molecule has 1 heterocycles. The minimum absolute atomic E-state index is 0.0705. The molecule has 0 bridgehead atoms. The van der Waals surface area contributed by atoms with Gasteiger partial charge in [0.2, 0.25) is 0 Å². The van der Waals surface area contributed by atoms with Gasteiger partial charge in [-0.05, 0) is 31.2 Å². The molecule has 0 aromatic heterocycles. The molecule has 2 aromatic carbocycles. The minimum atomic E-state index is -0.791. The minimum Gasteiger partial charge on any atom is -0.465 e. The second-order valence-electron chi connectivity index (χ2n) is 7.02. The Labute approximate surface area is 189 Å². The maximum atomic E-state index is 12.9. The highest BCUT2D eigenvalue weighted by atomic mass is 16.6. The van der Waals surface area contributed by atoms with Gasteiger partial charge in [0.25, 0.3) is 11.6 Å². The number of non-ortho nitro benzene ring substituents is 1. The molecule has 1 fully saturated rings. The molecule has 1 amide bonds. The van der Waals surface area contributed by atoms with E-state index in [2.05, 4.69) is 5.32 Å². The van der Waals surface area contributed by atoms with Gasteiger partial charge in [0.15, 0.2) is 0 Å². The van der Waals surface area contributed by atoms with Crippen LogP contribution in [0.15, 0.2) is 36.4 Å². The number of hydrogen-bond donors (Lipinski definition) is 1. The number of esters is 2. The molecular weight excluding hydrogens is 434 g/mol. The standard InChI is InChI=1S/C22H23N3O8/c1-3-33-21(27)15-10-14(11-17(12-15)25(29)30)20(26)23-19-5-4-16(13-18(19)22(28)31-2)24-6-8-32-9-7-24/h4-5,10-13H,3,6-9H2,1-2H3,(H,23,26). The van der Waals surface area contributed by atoms with E-state index < -0.39 is 28.5 Å². The van der Waals surface area contributed by atoms with Crippen LogP contribution in [-0.4, -0.2) is 62.8 Å². The van der Waals surface area contributed by atoms with Gasteiger partial charge >= 0.3 is 11.9 Å². The molecule has 0 spiro atoms. The van der Waals surface area contributed by atoms with E-state index in [1.165, 1.54) is 13.2 Å². The number of nitrogens with one attached hydrogen (secondary N) is 1. The van der Waals surface area contributed by atoms with Crippen LogP contribution in [0.2, 0.25) is 0 Å². The van der Waals surface area contributed by atoms with Gasteiger partial charge in [0.05, 0.1) is 48.7 Å². The molecule has 2 aromatic rings. The van der Waals surface area contributed by atoms with E-state index in [9.17, 15) is 24.5 Å². The monoisotopic (exact) mass is 457 g/mol. The van der Waals surface area contributed by atoms with Gasteiger partial charge in [-0.25, -0.2) is 9.59 Å². The summed E-state index contributed by atoms with van der Waals surface area (Å²) in [5.41, 5.74) is 0.324. The van der Waals surface area contributed by atoms with Crippen molar-refractivity contribution in [1.29, 1.82) is 0 Å². The Morgan fingerprint density at radius 3 is 2.42 bits per heavy atom. The molecule has 0 atom stereocenters. The van der Waals surface area contributed by atoms with Crippen LogP contribution in [0, 0.1) is 10.1 Å². The van der Waals surface area contributed by atoms with Crippen molar-refractivity contribution in [2.75, 3.05) is 50.2 Å². The van der Waals surface area contributed by atoms with Crippen molar-refractivity contribution in [1.82, 2.24) is 0 Å². The first kappa shape index (κ1) is 23.7.